The SMILES string of the molecule is CC/C=C\C/C=C\C/C=C\C/C=C\C/C=C\CCCC(=O)OCC(COP(=O)(O)OCC(O)COP(=O)(O)OCC(COC(=O)CCCC/C=C\C/C=C\C/C=C\C/C=C\CC)OC(=O)CCCC/C=C\C/C=C\C/C=C\C/C=C\CC)OC(=O)CCCCCCC/C=C\C/C=C\CCCCC. The maximum atomic E-state index is 13.1. The van der Waals surface area contributed by atoms with E-state index in [1.165, 1.54) is 19.3 Å². The molecule has 0 spiro atoms. The first-order valence-corrected chi connectivity index (χ1v) is 41.0. The molecule has 0 aliphatic rings. The van der Waals surface area contributed by atoms with Crippen molar-refractivity contribution in [2.45, 2.75) is 277 Å². The molecule has 0 rings (SSSR count). The Morgan fingerprint density at radius 2 is 0.520 bits per heavy atom. The molecule has 576 valence electrons. The molecule has 17 nitrogen and oxygen atoms in total. The molecule has 0 fully saturated rings. The lowest BCUT2D eigenvalue weighted by Crippen LogP contribution is -2.30. The average Bonchev–Trinajstić information content (AvgIpc) is 0.923. The fourth-order valence-electron chi connectivity index (χ4n) is 9.15. The minimum atomic E-state index is -5.01. The highest BCUT2D eigenvalue weighted by Crippen LogP contribution is 2.45. The normalized spacial score (nSPS) is 14.9. The highest BCUT2D eigenvalue weighted by Gasteiger charge is 2.30. The Hall–Kier alpha value is -5.84. The van der Waals surface area contributed by atoms with E-state index < -0.39 is 97.5 Å². The van der Waals surface area contributed by atoms with Crippen LogP contribution in [-0.2, 0) is 65.4 Å². The van der Waals surface area contributed by atoms with Crippen molar-refractivity contribution in [3.05, 3.63) is 182 Å². The summed E-state index contributed by atoms with van der Waals surface area (Å²) in [5, 5.41) is 10.6. The second-order valence-electron chi connectivity index (χ2n) is 24.4. The minimum Gasteiger partial charge on any atom is -0.462 e. The van der Waals surface area contributed by atoms with Gasteiger partial charge in [0.2, 0.25) is 0 Å². The van der Waals surface area contributed by atoms with Crippen molar-refractivity contribution in [1.82, 2.24) is 0 Å². The van der Waals surface area contributed by atoms with Gasteiger partial charge in [0, 0.05) is 25.7 Å². The molecule has 0 saturated heterocycles. The fourth-order valence-corrected chi connectivity index (χ4v) is 10.7. The van der Waals surface area contributed by atoms with Gasteiger partial charge < -0.3 is 33.8 Å². The van der Waals surface area contributed by atoms with Crippen molar-refractivity contribution in [1.29, 1.82) is 0 Å². The summed E-state index contributed by atoms with van der Waals surface area (Å²) in [6.45, 7) is 4.28. The second kappa shape index (κ2) is 73.5. The molecule has 102 heavy (non-hydrogen) atoms. The molecule has 0 bridgehead atoms. The Morgan fingerprint density at radius 3 is 0.843 bits per heavy atom. The van der Waals surface area contributed by atoms with Gasteiger partial charge in [0.1, 0.15) is 19.3 Å². The predicted octanol–water partition coefficient (Wildman–Crippen LogP) is 22.0. The Balaban J connectivity index is 5.52. The van der Waals surface area contributed by atoms with Crippen LogP contribution in [0.15, 0.2) is 182 Å². The van der Waals surface area contributed by atoms with Crippen molar-refractivity contribution in [3.63, 3.8) is 0 Å². The number of carbonyl (C=O) groups excluding carboxylic acids is 4. The molecule has 0 aliphatic heterocycles. The van der Waals surface area contributed by atoms with E-state index in [2.05, 4.69) is 198 Å². The number of phosphoric acid groups is 2. The van der Waals surface area contributed by atoms with E-state index in [1.54, 1.807) is 0 Å². The number of hydrogen-bond acceptors (Lipinski definition) is 15. The predicted molar refractivity (Wildman–Crippen MR) is 417 cm³/mol. The van der Waals surface area contributed by atoms with Gasteiger partial charge in [0.05, 0.1) is 26.4 Å². The van der Waals surface area contributed by atoms with Gasteiger partial charge in [-0.1, -0.05) is 242 Å². The summed E-state index contributed by atoms with van der Waals surface area (Å²) in [5.74, 6) is -2.38. The topological polar surface area (TPSA) is 237 Å². The molecular formula is C83H132O17P2. The number of unbranched alkanes of at least 4 members (excludes halogenated alkanes) is 13. The first kappa shape index (κ1) is 96.2. The van der Waals surface area contributed by atoms with E-state index in [0.717, 1.165) is 148 Å². The molecule has 0 aromatic rings. The van der Waals surface area contributed by atoms with Crippen molar-refractivity contribution in [3.8, 4) is 0 Å². The van der Waals surface area contributed by atoms with Gasteiger partial charge in [0.25, 0.3) is 0 Å². The maximum absolute atomic E-state index is 13.1. The van der Waals surface area contributed by atoms with Gasteiger partial charge in [-0.25, -0.2) is 9.13 Å². The number of phosphoric ester groups is 2. The van der Waals surface area contributed by atoms with Crippen LogP contribution in [0, 0.1) is 0 Å². The molecule has 0 saturated carbocycles. The summed E-state index contributed by atoms with van der Waals surface area (Å²) in [7, 11) is -10.0. The molecule has 0 heterocycles. The van der Waals surface area contributed by atoms with Crippen LogP contribution in [0.3, 0.4) is 0 Å². The van der Waals surface area contributed by atoms with Crippen molar-refractivity contribution >= 4 is 39.5 Å². The molecule has 0 aromatic carbocycles. The molecule has 5 atom stereocenters. The Kier molecular flexibility index (Phi) is 69.3. The Labute approximate surface area is 615 Å². The Morgan fingerprint density at radius 1 is 0.284 bits per heavy atom. The third-order valence-electron chi connectivity index (χ3n) is 14.8. The third kappa shape index (κ3) is 72.5. The zero-order valence-electron chi connectivity index (χ0n) is 62.7. The molecule has 0 aliphatic carbocycles. The second-order valence-corrected chi connectivity index (χ2v) is 27.3. The lowest BCUT2D eigenvalue weighted by molar-refractivity contribution is -0.161. The first-order chi connectivity index (χ1) is 49.7. The number of rotatable bonds is 69. The largest absolute Gasteiger partial charge is 0.472 e. The number of allylic oxidation sites excluding steroid dienone is 30. The number of esters is 4. The van der Waals surface area contributed by atoms with Crippen LogP contribution in [0.1, 0.15) is 259 Å². The van der Waals surface area contributed by atoms with Crippen LogP contribution >= 0.6 is 15.6 Å². The van der Waals surface area contributed by atoms with E-state index >= 15 is 0 Å². The van der Waals surface area contributed by atoms with Gasteiger partial charge in [-0.2, -0.15) is 0 Å². The van der Waals surface area contributed by atoms with Gasteiger partial charge in [-0.3, -0.25) is 37.3 Å². The lowest BCUT2D eigenvalue weighted by Gasteiger charge is -2.21. The zero-order chi connectivity index (χ0) is 74.6. The van der Waals surface area contributed by atoms with E-state index in [4.69, 9.17) is 37.0 Å². The highest BCUT2D eigenvalue weighted by atomic mass is 31.2. The molecule has 19 heteroatoms. The van der Waals surface area contributed by atoms with Gasteiger partial charge in [-0.05, 0) is 173 Å². The van der Waals surface area contributed by atoms with Crippen LogP contribution in [0.25, 0.3) is 0 Å². The third-order valence-corrected chi connectivity index (χ3v) is 16.7. The van der Waals surface area contributed by atoms with E-state index in [9.17, 15) is 43.2 Å². The molecule has 3 N–H and O–H groups in total. The van der Waals surface area contributed by atoms with E-state index in [0.29, 0.717) is 38.5 Å². The zero-order valence-corrected chi connectivity index (χ0v) is 64.5. The molecule has 0 aromatic heterocycles. The van der Waals surface area contributed by atoms with Crippen molar-refractivity contribution in [2.75, 3.05) is 39.6 Å². The summed E-state index contributed by atoms with van der Waals surface area (Å²) >= 11 is 0. The van der Waals surface area contributed by atoms with Gasteiger partial charge >= 0.3 is 39.5 Å². The van der Waals surface area contributed by atoms with Crippen LogP contribution < -0.4 is 0 Å². The summed E-state index contributed by atoms with van der Waals surface area (Å²) in [4.78, 5) is 72.9. The average molecular weight is 1460 g/mol. The van der Waals surface area contributed by atoms with Crippen LogP contribution in [-0.4, -0.2) is 96.7 Å². The maximum Gasteiger partial charge on any atom is 0.472 e. The van der Waals surface area contributed by atoms with Crippen molar-refractivity contribution < 1.29 is 80.2 Å². The van der Waals surface area contributed by atoms with Crippen LogP contribution in [0.4, 0.5) is 0 Å². The highest BCUT2D eigenvalue weighted by molar-refractivity contribution is 7.47. The monoisotopic (exact) mass is 1460 g/mol. The van der Waals surface area contributed by atoms with Crippen LogP contribution in [0.2, 0.25) is 0 Å². The molecule has 0 radical (unpaired) electrons. The minimum absolute atomic E-state index is 0.0247. The number of aliphatic hydroxyl groups excluding tert-OH is 1. The standard InChI is InChI=1S/C83H132O17P2/c1-5-9-13-17-21-25-29-33-37-38-42-44-48-52-56-60-64-68-81(86)94-74-79(100-83(88)70-66-62-58-54-50-46-41-36-32-28-24-20-16-12-8-4)76-98-102(91,92)96-72-77(84)71-95-101(89,90)97-75-78(99-82(87)69-65-61-57-53-49-45-40-35-31-27-23-19-15-11-7-3)73-93-80(85)67-63-59-55-51-47-43-39-34-30-26-22-18-14-10-6-2/h9-11,13-15,21-28,33-37,39-42,44,47,49,51-53,56,77-79,84H,5-8,12,16-20,29-32,38,43,45-46,48,50,54-55,57-76H2,1-4H3,(H,89,90)(H,91,92)/b13-9-,14-10-,15-11-,25-21-,26-22-,27-23-,28-24-,37-33-,39-34-,40-35-,41-36-,44-42-,51-47-,53-49-,56-52-. The van der Waals surface area contributed by atoms with E-state index in [-0.39, 0.29) is 25.7 Å². The molecule has 0 amide bonds. The van der Waals surface area contributed by atoms with E-state index in [1.807, 2.05) is 12.2 Å². The summed E-state index contributed by atoms with van der Waals surface area (Å²) in [6.07, 6.45) is 87.6. The lowest BCUT2D eigenvalue weighted by atomic mass is 10.1. The summed E-state index contributed by atoms with van der Waals surface area (Å²) in [5.41, 5.74) is 0. The summed E-state index contributed by atoms with van der Waals surface area (Å²) in [6, 6.07) is 0. The quantitative estimate of drug-likeness (QED) is 0.0169. The van der Waals surface area contributed by atoms with Crippen LogP contribution in [0.5, 0.6) is 0 Å². The molecular weight excluding hydrogens is 1330 g/mol. The van der Waals surface area contributed by atoms with Gasteiger partial charge in [0.15, 0.2) is 12.2 Å². The fraction of sp³-hybridized carbons (Fsp3) is 0.590. The number of ether oxygens (including phenoxy) is 4. The Bertz CT molecular complexity index is 2650. The number of carbonyl (C=O) groups is 4. The molecule has 5 unspecified atom stereocenters. The van der Waals surface area contributed by atoms with Crippen molar-refractivity contribution in [2.24, 2.45) is 0 Å². The van der Waals surface area contributed by atoms with Gasteiger partial charge in [-0.15, -0.1) is 0 Å². The number of hydrogen-bond donors (Lipinski definition) is 3. The first-order valence-electron chi connectivity index (χ1n) is 38.0. The smallest absolute Gasteiger partial charge is 0.462 e. The number of aliphatic hydroxyl groups is 1. The summed E-state index contributed by atoms with van der Waals surface area (Å²) < 4.78 is 68.3.